The summed E-state index contributed by atoms with van der Waals surface area (Å²) in [6.45, 7) is 7.28. The molecule has 1 unspecified atom stereocenters. The van der Waals surface area contributed by atoms with Crippen molar-refractivity contribution < 1.29 is 72.9 Å². The molecule has 65 heavy (non-hydrogen) atoms. The topological polar surface area (TPSA) is 299 Å². The number of nitrogens with two attached hydrogens (primary N) is 1. The van der Waals surface area contributed by atoms with Crippen LogP contribution >= 0.6 is 0 Å². The number of aliphatic carboxylic acids is 3. The maximum atomic E-state index is 11.9. The third kappa shape index (κ3) is 23.9. The molecule has 0 aliphatic carbocycles. The van der Waals surface area contributed by atoms with Gasteiger partial charge in [-0.3, -0.25) is 4.79 Å². The zero-order chi connectivity index (χ0) is 48.4. The van der Waals surface area contributed by atoms with E-state index in [1.54, 1.807) is 72.8 Å². The summed E-state index contributed by atoms with van der Waals surface area (Å²) in [6, 6.07) is 30.6. The van der Waals surface area contributed by atoms with Crippen molar-refractivity contribution in [1.29, 1.82) is 0 Å². The zero-order valence-corrected chi connectivity index (χ0v) is 36.4. The number of benzene rings is 4. The SMILES string of the molecule is CC(C)(C)Oc1ccc(C[C@H](NC(=O)OCc2ccccc2)C(=O)O)cc1.CC(O)[C@H](NC(=O)OCc1ccccc1)C(=O)O.NC(=O)CC[C@H](NC(=O)OCc1ccccc1)C(=O)O. The van der Waals surface area contributed by atoms with E-state index in [9.17, 15) is 38.7 Å². The maximum absolute atomic E-state index is 11.9. The molecule has 0 aliphatic rings. The Labute approximate surface area is 375 Å². The van der Waals surface area contributed by atoms with E-state index in [-0.39, 0.29) is 44.7 Å². The van der Waals surface area contributed by atoms with Crippen LogP contribution in [0.15, 0.2) is 115 Å². The van der Waals surface area contributed by atoms with Crippen molar-refractivity contribution in [2.75, 3.05) is 0 Å². The Balaban J connectivity index is 0.000000344. The molecule has 0 aromatic heterocycles. The highest BCUT2D eigenvalue weighted by Crippen LogP contribution is 2.19. The van der Waals surface area contributed by atoms with Crippen LogP contribution in [0.4, 0.5) is 14.4 Å². The van der Waals surface area contributed by atoms with E-state index in [2.05, 4.69) is 16.0 Å². The summed E-state index contributed by atoms with van der Waals surface area (Å²) in [5.41, 5.74) is 7.79. The van der Waals surface area contributed by atoms with Crippen molar-refractivity contribution in [3.63, 3.8) is 0 Å². The van der Waals surface area contributed by atoms with E-state index < -0.39 is 66.3 Å². The van der Waals surface area contributed by atoms with Gasteiger partial charge in [-0.1, -0.05) is 103 Å². The van der Waals surface area contributed by atoms with E-state index in [1.165, 1.54) is 6.92 Å². The van der Waals surface area contributed by atoms with Crippen LogP contribution in [0.3, 0.4) is 0 Å². The van der Waals surface area contributed by atoms with Gasteiger partial charge in [0.15, 0.2) is 6.04 Å². The number of alkyl carbamates (subject to hydrolysis) is 3. The number of carbonyl (C=O) groups is 7. The average molecular weight is 905 g/mol. The van der Waals surface area contributed by atoms with Crippen LogP contribution in [-0.4, -0.2) is 92.4 Å². The molecule has 4 rings (SSSR count). The lowest BCUT2D eigenvalue weighted by Crippen LogP contribution is -2.47. The van der Waals surface area contributed by atoms with Gasteiger partial charge in [-0.05, 0) is 68.5 Å². The Morgan fingerprint density at radius 2 is 0.938 bits per heavy atom. The van der Waals surface area contributed by atoms with Crippen LogP contribution in [0.1, 0.15) is 62.8 Å². The molecule has 0 bridgehead atoms. The van der Waals surface area contributed by atoms with Crippen LogP contribution in [0.5, 0.6) is 5.75 Å². The lowest BCUT2D eigenvalue weighted by atomic mass is 10.1. The number of primary amides is 1. The number of nitrogens with one attached hydrogen (secondary N) is 3. The Hall–Kier alpha value is -7.67. The largest absolute Gasteiger partial charge is 0.488 e. The van der Waals surface area contributed by atoms with Gasteiger partial charge in [0, 0.05) is 12.8 Å². The molecule has 4 amide bonds. The molecule has 0 heterocycles. The maximum Gasteiger partial charge on any atom is 0.408 e. The van der Waals surface area contributed by atoms with Gasteiger partial charge in [0.25, 0.3) is 0 Å². The summed E-state index contributed by atoms with van der Waals surface area (Å²) >= 11 is 0. The van der Waals surface area contributed by atoms with Gasteiger partial charge in [0.2, 0.25) is 5.91 Å². The van der Waals surface area contributed by atoms with Crippen molar-refractivity contribution in [3.8, 4) is 5.75 Å². The number of carboxylic acids is 3. The van der Waals surface area contributed by atoms with Crippen molar-refractivity contribution in [2.24, 2.45) is 5.73 Å². The molecule has 4 aromatic carbocycles. The number of aliphatic hydroxyl groups is 1. The third-order valence-corrected chi connectivity index (χ3v) is 8.31. The van der Waals surface area contributed by atoms with Crippen LogP contribution in [0.2, 0.25) is 0 Å². The number of carbonyl (C=O) groups excluding carboxylic acids is 4. The Bertz CT molecular complexity index is 2100. The fraction of sp³-hybridized carbons (Fsp3) is 0.326. The minimum absolute atomic E-state index is 0.0365. The highest BCUT2D eigenvalue weighted by Gasteiger charge is 2.26. The van der Waals surface area contributed by atoms with Gasteiger partial charge in [0.05, 0.1) is 6.10 Å². The quantitative estimate of drug-likeness (QED) is 0.0564. The number of ether oxygens (including phenoxy) is 4. The molecule has 4 aromatic rings. The summed E-state index contributed by atoms with van der Waals surface area (Å²) in [7, 11) is 0. The van der Waals surface area contributed by atoms with E-state index in [4.69, 9.17) is 40.0 Å². The van der Waals surface area contributed by atoms with Crippen molar-refractivity contribution in [2.45, 2.75) is 96.6 Å². The predicted octanol–water partition coefficient (Wildman–Crippen LogP) is 5.16. The lowest BCUT2D eigenvalue weighted by Gasteiger charge is -2.21. The van der Waals surface area contributed by atoms with Crippen LogP contribution < -0.4 is 26.4 Å². The number of rotatable bonds is 19. The molecule has 4 atom stereocenters. The van der Waals surface area contributed by atoms with E-state index in [0.29, 0.717) is 5.75 Å². The Kier molecular flexibility index (Phi) is 23.1. The van der Waals surface area contributed by atoms with E-state index in [1.807, 2.05) is 63.2 Å². The summed E-state index contributed by atoms with van der Waals surface area (Å²) in [6.07, 6.45) is -3.77. The predicted molar refractivity (Wildman–Crippen MR) is 234 cm³/mol. The van der Waals surface area contributed by atoms with Crippen molar-refractivity contribution >= 4 is 42.1 Å². The molecule has 0 spiro atoms. The summed E-state index contributed by atoms with van der Waals surface area (Å²) in [5, 5.41) is 42.8. The average Bonchev–Trinajstić information content (AvgIpc) is 3.26. The van der Waals surface area contributed by atoms with Crippen molar-refractivity contribution in [1.82, 2.24) is 16.0 Å². The van der Waals surface area contributed by atoms with Gasteiger partial charge in [-0.15, -0.1) is 0 Å². The first kappa shape index (κ1) is 53.5. The number of hydrogen-bond donors (Lipinski definition) is 8. The molecule has 9 N–H and O–H groups in total. The van der Waals surface area contributed by atoms with E-state index in [0.717, 1.165) is 22.3 Å². The monoisotopic (exact) mass is 904 g/mol. The lowest BCUT2D eigenvalue weighted by molar-refractivity contribution is -0.142. The van der Waals surface area contributed by atoms with Crippen molar-refractivity contribution in [3.05, 3.63) is 138 Å². The highest BCUT2D eigenvalue weighted by molar-refractivity contribution is 5.82. The Morgan fingerprint density at radius 1 is 0.554 bits per heavy atom. The van der Waals surface area contributed by atoms with Gasteiger partial charge < -0.3 is 61.1 Å². The standard InChI is InChI=1S/C21H25NO5.C13H16N2O5.C12H15NO5/c1-21(2,3)27-17-11-9-15(10-12-17)13-18(19(23)24)22-20(25)26-14-16-7-5-4-6-8-16;14-11(16)7-6-10(12(17)18)15-13(19)20-8-9-4-2-1-3-5-9;1-8(14)10(11(15)16)13-12(17)18-7-9-5-3-2-4-6-9/h4-12,18H,13-14H2,1-3H3,(H,22,25)(H,23,24);1-5,10H,6-8H2,(H2,14,16)(H,15,19)(H,17,18);2-6,8,10,14H,7H2,1H3,(H,13,17)(H,15,16)/t18-;10-;8?,10-/m000/s1. The number of carboxylic acid groups (broad SMARTS) is 3. The molecule has 19 nitrogen and oxygen atoms in total. The fourth-order valence-electron chi connectivity index (χ4n) is 5.12. The molecule has 0 aliphatic heterocycles. The minimum Gasteiger partial charge on any atom is -0.488 e. The second kappa shape index (κ2) is 28.1. The zero-order valence-electron chi connectivity index (χ0n) is 36.4. The first-order chi connectivity index (χ1) is 30.7. The second-order valence-corrected chi connectivity index (χ2v) is 15.0. The smallest absolute Gasteiger partial charge is 0.408 e. The fourth-order valence-corrected chi connectivity index (χ4v) is 5.12. The molecule has 0 saturated heterocycles. The molecule has 0 fully saturated rings. The molecule has 0 saturated carbocycles. The van der Waals surface area contributed by atoms with E-state index >= 15 is 0 Å². The van der Waals surface area contributed by atoms with Gasteiger partial charge in [-0.25, -0.2) is 28.8 Å². The third-order valence-electron chi connectivity index (χ3n) is 8.31. The minimum atomic E-state index is -1.38. The normalized spacial score (nSPS) is 12.3. The number of aliphatic hydroxyl groups excluding tert-OH is 1. The Morgan fingerprint density at radius 3 is 1.28 bits per heavy atom. The highest BCUT2D eigenvalue weighted by atomic mass is 16.6. The molecule has 0 radical (unpaired) electrons. The summed E-state index contributed by atoms with van der Waals surface area (Å²) in [4.78, 5) is 78.4. The van der Waals surface area contributed by atoms with Gasteiger partial charge >= 0.3 is 36.2 Å². The second-order valence-electron chi connectivity index (χ2n) is 15.0. The van der Waals surface area contributed by atoms with Gasteiger partial charge in [-0.2, -0.15) is 0 Å². The molecule has 19 heteroatoms. The first-order valence-corrected chi connectivity index (χ1v) is 20.1. The van der Waals surface area contributed by atoms with Crippen LogP contribution in [-0.2, 0) is 59.6 Å². The molecular weight excluding hydrogens is 849 g/mol. The molecular formula is C46H56N4O15. The number of hydrogen-bond acceptors (Lipinski definition) is 12. The van der Waals surface area contributed by atoms with Crippen LogP contribution in [0, 0.1) is 0 Å². The first-order valence-electron chi connectivity index (χ1n) is 20.1. The van der Waals surface area contributed by atoms with Crippen LogP contribution in [0.25, 0.3) is 0 Å². The van der Waals surface area contributed by atoms with Gasteiger partial charge in [0.1, 0.15) is 43.3 Å². The molecule has 350 valence electrons. The summed E-state index contributed by atoms with van der Waals surface area (Å²) < 4.78 is 20.5. The summed E-state index contributed by atoms with van der Waals surface area (Å²) in [5.74, 6) is -3.62. The number of amides is 4.